The molecule has 0 fully saturated rings. The Bertz CT molecular complexity index is 717. The summed E-state index contributed by atoms with van der Waals surface area (Å²) in [6.45, 7) is 0.644. The average Bonchev–Trinajstić information content (AvgIpc) is 3.16. The third kappa shape index (κ3) is 5.58. The Morgan fingerprint density at radius 1 is 1.32 bits per heavy atom. The smallest absolute Gasteiger partial charge is 0.392 e. The second-order valence-corrected chi connectivity index (χ2v) is 4.74. The maximum absolute atomic E-state index is 11.9. The molecule has 1 unspecified atom stereocenters. The SMILES string of the molecule is Cc1ncc([N+](=O)[O-])n1CCO.O=[N+]([O-])c1nccn1CC(O)CF. The molecule has 0 aliphatic heterocycles. The van der Waals surface area contributed by atoms with Crippen LogP contribution in [0.3, 0.4) is 0 Å². The number of rotatable bonds is 7. The summed E-state index contributed by atoms with van der Waals surface area (Å²) in [5, 5.41) is 38.2. The quantitative estimate of drug-likeness (QED) is 0.523. The Morgan fingerprint density at radius 2 is 2.00 bits per heavy atom. The second kappa shape index (κ2) is 9.39. The molecule has 0 aliphatic rings. The zero-order valence-corrected chi connectivity index (χ0v) is 13.2. The summed E-state index contributed by atoms with van der Waals surface area (Å²) in [7, 11) is 0. The van der Waals surface area contributed by atoms with E-state index >= 15 is 0 Å². The lowest BCUT2D eigenvalue weighted by Crippen LogP contribution is -2.18. The van der Waals surface area contributed by atoms with Gasteiger partial charge in [-0.1, -0.05) is 4.98 Å². The van der Waals surface area contributed by atoms with E-state index in [1.54, 1.807) is 6.92 Å². The van der Waals surface area contributed by atoms with Crippen molar-refractivity contribution >= 4 is 11.8 Å². The van der Waals surface area contributed by atoms with E-state index in [-0.39, 0.29) is 25.5 Å². The summed E-state index contributed by atoms with van der Waals surface area (Å²) < 4.78 is 14.3. The first-order valence-electron chi connectivity index (χ1n) is 6.98. The summed E-state index contributed by atoms with van der Waals surface area (Å²) in [5.41, 5.74) is 0. The number of aliphatic hydroxyl groups is 2. The molecule has 13 heteroatoms. The monoisotopic (exact) mass is 360 g/mol. The number of hydrogen-bond donors (Lipinski definition) is 2. The van der Waals surface area contributed by atoms with Gasteiger partial charge in [-0.05, 0) is 9.85 Å². The predicted octanol–water partition coefficient (Wildman–Crippen LogP) is 0.214. The van der Waals surface area contributed by atoms with E-state index in [4.69, 9.17) is 10.2 Å². The predicted molar refractivity (Wildman–Crippen MR) is 81.6 cm³/mol. The lowest BCUT2D eigenvalue weighted by molar-refractivity contribution is -0.397. The lowest BCUT2D eigenvalue weighted by Gasteiger charge is -2.04. The summed E-state index contributed by atoms with van der Waals surface area (Å²) in [6, 6.07) is 0. The van der Waals surface area contributed by atoms with E-state index in [1.165, 1.54) is 23.2 Å². The van der Waals surface area contributed by atoms with Gasteiger partial charge in [0.05, 0.1) is 6.61 Å². The van der Waals surface area contributed by atoms with Gasteiger partial charge in [-0.3, -0.25) is 0 Å². The average molecular weight is 360 g/mol. The Kier molecular flexibility index (Phi) is 7.55. The first-order chi connectivity index (χ1) is 11.8. The van der Waals surface area contributed by atoms with E-state index in [9.17, 15) is 24.6 Å². The fourth-order valence-electron chi connectivity index (χ4n) is 1.87. The molecular weight excluding hydrogens is 343 g/mol. The van der Waals surface area contributed by atoms with Gasteiger partial charge in [-0.15, -0.1) is 0 Å². The lowest BCUT2D eigenvalue weighted by atomic mass is 10.4. The van der Waals surface area contributed by atoms with Crippen LogP contribution in [0.1, 0.15) is 5.82 Å². The van der Waals surface area contributed by atoms with Crippen LogP contribution in [0.5, 0.6) is 0 Å². The number of halogens is 1. The third-order valence-corrected chi connectivity index (χ3v) is 2.99. The number of aromatic nitrogens is 4. The Morgan fingerprint density at radius 3 is 2.52 bits per heavy atom. The molecule has 138 valence electrons. The van der Waals surface area contributed by atoms with Crippen molar-refractivity contribution in [1.82, 2.24) is 19.1 Å². The molecule has 0 amide bonds. The molecule has 0 spiro atoms. The van der Waals surface area contributed by atoms with Crippen LogP contribution in [0.15, 0.2) is 18.6 Å². The maximum Gasteiger partial charge on any atom is 0.434 e. The van der Waals surface area contributed by atoms with Crippen LogP contribution in [0.2, 0.25) is 0 Å². The van der Waals surface area contributed by atoms with Crippen LogP contribution >= 0.6 is 0 Å². The maximum atomic E-state index is 11.9. The third-order valence-electron chi connectivity index (χ3n) is 2.99. The van der Waals surface area contributed by atoms with Crippen molar-refractivity contribution in [2.24, 2.45) is 0 Å². The highest BCUT2D eigenvalue weighted by Crippen LogP contribution is 2.12. The summed E-state index contributed by atoms with van der Waals surface area (Å²) >= 11 is 0. The molecule has 0 aromatic carbocycles. The normalized spacial score (nSPS) is 11.5. The number of hydrogen-bond acceptors (Lipinski definition) is 8. The molecule has 2 aromatic heterocycles. The molecule has 0 aliphatic carbocycles. The van der Waals surface area contributed by atoms with Gasteiger partial charge in [-0.25, -0.2) is 18.5 Å². The van der Waals surface area contributed by atoms with Crippen LogP contribution in [0.25, 0.3) is 0 Å². The molecule has 0 radical (unpaired) electrons. The van der Waals surface area contributed by atoms with Crippen LogP contribution in [0, 0.1) is 27.2 Å². The number of nitro groups is 2. The van der Waals surface area contributed by atoms with E-state index in [1.807, 2.05) is 0 Å². The molecule has 2 N–H and O–H groups in total. The van der Waals surface area contributed by atoms with Crippen molar-refractivity contribution in [3.05, 3.63) is 44.6 Å². The highest BCUT2D eigenvalue weighted by molar-refractivity contribution is 5.18. The van der Waals surface area contributed by atoms with Gasteiger partial charge in [0.15, 0.2) is 5.82 Å². The van der Waals surface area contributed by atoms with E-state index in [0.29, 0.717) is 5.82 Å². The molecule has 25 heavy (non-hydrogen) atoms. The molecule has 0 saturated carbocycles. The highest BCUT2D eigenvalue weighted by Gasteiger charge is 2.17. The number of aliphatic hydroxyl groups excluding tert-OH is 2. The van der Waals surface area contributed by atoms with Crippen molar-refractivity contribution in [3.8, 4) is 0 Å². The fourth-order valence-corrected chi connectivity index (χ4v) is 1.87. The van der Waals surface area contributed by atoms with Crippen LogP contribution in [0.4, 0.5) is 16.2 Å². The molecule has 0 saturated heterocycles. The molecule has 2 heterocycles. The van der Waals surface area contributed by atoms with Crippen molar-refractivity contribution in [2.45, 2.75) is 26.1 Å². The Labute approximate surface area is 140 Å². The van der Waals surface area contributed by atoms with Crippen molar-refractivity contribution < 1.29 is 24.5 Å². The van der Waals surface area contributed by atoms with Gasteiger partial charge in [0.25, 0.3) is 0 Å². The van der Waals surface area contributed by atoms with Gasteiger partial charge in [-0.2, -0.15) is 0 Å². The topological polar surface area (TPSA) is 162 Å². The Balaban J connectivity index is 0.000000251. The van der Waals surface area contributed by atoms with Crippen molar-refractivity contribution in [2.75, 3.05) is 13.3 Å². The molecule has 12 nitrogen and oxygen atoms in total. The summed E-state index contributed by atoms with van der Waals surface area (Å²) in [4.78, 5) is 26.7. The van der Waals surface area contributed by atoms with Gasteiger partial charge >= 0.3 is 11.8 Å². The Hall–Kier alpha value is -2.93. The van der Waals surface area contributed by atoms with Gasteiger partial charge in [0, 0.05) is 6.92 Å². The molecule has 2 rings (SSSR count). The largest absolute Gasteiger partial charge is 0.434 e. The summed E-state index contributed by atoms with van der Waals surface area (Å²) in [5.74, 6) is 0.0600. The zero-order valence-electron chi connectivity index (χ0n) is 13.2. The molecule has 1 atom stereocenters. The standard InChI is InChI=1S/C6H8FN3O3.C6H9N3O3/c7-3-5(11)4-9-2-1-8-6(9)10(12)13;1-5-7-4-6(9(11)12)8(5)2-3-10/h1-2,5,11H,3-4H2;4,10H,2-3H2,1H3. The minimum Gasteiger partial charge on any atom is -0.392 e. The number of imidazole rings is 2. The fraction of sp³-hybridized carbons (Fsp3) is 0.500. The van der Waals surface area contributed by atoms with Crippen LogP contribution in [-0.4, -0.2) is 58.5 Å². The van der Waals surface area contributed by atoms with Crippen LogP contribution in [-0.2, 0) is 13.1 Å². The highest BCUT2D eigenvalue weighted by atomic mass is 19.1. The van der Waals surface area contributed by atoms with Gasteiger partial charge in [0.1, 0.15) is 44.5 Å². The zero-order chi connectivity index (χ0) is 19.0. The number of alkyl halides is 1. The molecular formula is C12H17FN6O6. The molecule has 2 aromatic rings. The van der Waals surface area contributed by atoms with E-state index in [2.05, 4.69) is 9.97 Å². The summed E-state index contributed by atoms with van der Waals surface area (Å²) in [6.07, 6.45) is 2.50. The van der Waals surface area contributed by atoms with Crippen molar-refractivity contribution in [1.29, 1.82) is 0 Å². The van der Waals surface area contributed by atoms with Crippen molar-refractivity contribution in [3.63, 3.8) is 0 Å². The minimum absolute atomic E-state index is 0.0819. The van der Waals surface area contributed by atoms with Gasteiger partial charge < -0.3 is 30.4 Å². The number of nitrogens with zero attached hydrogens (tertiary/aromatic N) is 6. The number of aryl methyl sites for hydroxylation is 1. The van der Waals surface area contributed by atoms with E-state index < -0.39 is 28.6 Å². The first kappa shape index (κ1) is 20.1. The second-order valence-electron chi connectivity index (χ2n) is 4.74. The molecule has 0 bridgehead atoms. The van der Waals surface area contributed by atoms with Gasteiger partial charge in [0.2, 0.25) is 0 Å². The van der Waals surface area contributed by atoms with Crippen LogP contribution < -0.4 is 0 Å². The first-order valence-corrected chi connectivity index (χ1v) is 6.98. The van der Waals surface area contributed by atoms with E-state index in [0.717, 1.165) is 4.57 Å². The minimum atomic E-state index is -1.23.